The molecule has 0 bridgehead atoms. The van der Waals surface area contributed by atoms with E-state index in [1.165, 1.54) is 0 Å². The molecule has 0 aromatic rings. The van der Waals surface area contributed by atoms with Gasteiger partial charge < -0.3 is 0 Å². The zero-order chi connectivity index (χ0) is 4.24. The van der Waals surface area contributed by atoms with Crippen molar-refractivity contribution in [3.63, 3.8) is 0 Å². The second-order valence-electron chi connectivity index (χ2n) is 1.06. The molecule has 0 atom stereocenters. The normalized spacial score (nSPS) is 24.0. The van der Waals surface area contributed by atoms with E-state index in [1.807, 2.05) is 0 Å². The molecule has 0 spiro atoms. The Labute approximate surface area is 43.6 Å². The SMILES string of the molecule is C1COC[Se]N1. The zero-order valence-electron chi connectivity index (χ0n) is 3.44. The van der Waals surface area contributed by atoms with E-state index >= 15 is 0 Å². The minimum absolute atomic E-state index is 0.582. The van der Waals surface area contributed by atoms with Crippen molar-refractivity contribution < 1.29 is 4.74 Å². The van der Waals surface area contributed by atoms with Gasteiger partial charge in [0.1, 0.15) is 0 Å². The van der Waals surface area contributed by atoms with Crippen molar-refractivity contribution >= 4 is 15.2 Å². The molecule has 2 nitrogen and oxygen atoms in total. The monoisotopic (exact) mass is 153 g/mol. The molecule has 1 saturated heterocycles. The summed E-state index contributed by atoms with van der Waals surface area (Å²) in [7, 11) is 0. The van der Waals surface area contributed by atoms with Crippen LogP contribution >= 0.6 is 0 Å². The number of hydrogen-bond acceptors (Lipinski definition) is 2. The van der Waals surface area contributed by atoms with Crippen LogP contribution < -0.4 is 4.33 Å². The first-order chi connectivity index (χ1) is 3.00. The first-order valence-corrected chi connectivity index (χ1v) is 3.99. The molecule has 36 valence electrons. The van der Waals surface area contributed by atoms with E-state index in [9.17, 15) is 0 Å². The maximum absolute atomic E-state index is 5.03. The Morgan fingerprint density at radius 3 is 2.83 bits per heavy atom. The second kappa shape index (κ2) is 2.59. The third-order valence-corrected chi connectivity index (χ3v) is 2.05. The molecule has 0 unspecified atom stereocenters. The molecular formula is C3H7NOSe. The third-order valence-electron chi connectivity index (χ3n) is 0.593. The van der Waals surface area contributed by atoms with Gasteiger partial charge in [-0.3, -0.25) is 0 Å². The van der Waals surface area contributed by atoms with Gasteiger partial charge in [0.15, 0.2) is 0 Å². The fraction of sp³-hybridized carbons (Fsp3) is 1.00. The van der Waals surface area contributed by atoms with E-state index in [4.69, 9.17) is 4.74 Å². The van der Waals surface area contributed by atoms with Crippen molar-refractivity contribution in [3.8, 4) is 0 Å². The van der Waals surface area contributed by atoms with Crippen LogP contribution in [0.3, 0.4) is 0 Å². The molecule has 1 rings (SSSR count). The van der Waals surface area contributed by atoms with Crippen LogP contribution in [0.5, 0.6) is 0 Å². The average Bonchev–Trinajstić information content (AvgIpc) is 1.72. The molecule has 3 heteroatoms. The summed E-state index contributed by atoms with van der Waals surface area (Å²) in [5, 5.41) is 0. The van der Waals surface area contributed by atoms with Crippen molar-refractivity contribution in [1.29, 1.82) is 0 Å². The van der Waals surface area contributed by atoms with Crippen LogP contribution in [-0.2, 0) is 4.74 Å². The molecule has 1 aliphatic heterocycles. The van der Waals surface area contributed by atoms with Gasteiger partial charge in [0, 0.05) is 0 Å². The summed E-state index contributed by atoms with van der Waals surface area (Å²) in [5.74, 6) is 0. The molecule has 0 aromatic heterocycles. The molecule has 0 radical (unpaired) electrons. The van der Waals surface area contributed by atoms with Crippen LogP contribution in [0.25, 0.3) is 0 Å². The minimum atomic E-state index is 0.582. The topological polar surface area (TPSA) is 21.3 Å². The molecule has 0 saturated carbocycles. The van der Waals surface area contributed by atoms with Gasteiger partial charge in [0.2, 0.25) is 0 Å². The molecular weight excluding hydrogens is 145 g/mol. The first-order valence-electron chi connectivity index (χ1n) is 1.92. The van der Waals surface area contributed by atoms with Crippen LogP contribution in [-0.4, -0.2) is 33.8 Å². The molecule has 1 fully saturated rings. The van der Waals surface area contributed by atoms with Gasteiger partial charge in [-0.1, -0.05) is 0 Å². The molecule has 1 heterocycles. The van der Waals surface area contributed by atoms with Gasteiger partial charge in [0.05, 0.1) is 0 Å². The number of ether oxygens (including phenoxy) is 1. The summed E-state index contributed by atoms with van der Waals surface area (Å²) in [6.07, 6.45) is 0. The fourth-order valence-electron chi connectivity index (χ4n) is 0.328. The van der Waals surface area contributed by atoms with Crippen LogP contribution in [0.15, 0.2) is 0 Å². The predicted molar refractivity (Wildman–Crippen MR) is 24.6 cm³/mol. The van der Waals surface area contributed by atoms with Gasteiger partial charge >= 0.3 is 42.9 Å². The van der Waals surface area contributed by atoms with Crippen LogP contribution in [0.2, 0.25) is 0 Å². The number of nitrogens with one attached hydrogen (secondary N) is 1. The van der Waals surface area contributed by atoms with Crippen LogP contribution in [0.1, 0.15) is 0 Å². The van der Waals surface area contributed by atoms with Gasteiger partial charge in [-0.05, 0) is 0 Å². The number of rotatable bonds is 0. The summed E-state index contributed by atoms with van der Waals surface area (Å²) in [6.45, 7) is 1.96. The molecule has 0 aromatic carbocycles. The summed E-state index contributed by atoms with van der Waals surface area (Å²) >= 11 is 0.582. The van der Waals surface area contributed by atoms with Crippen LogP contribution in [0, 0.1) is 0 Å². The van der Waals surface area contributed by atoms with E-state index in [-0.39, 0.29) is 0 Å². The van der Waals surface area contributed by atoms with Gasteiger partial charge in [-0.2, -0.15) is 0 Å². The molecule has 1 N–H and O–H groups in total. The van der Waals surface area contributed by atoms with Crippen LogP contribution in [0.4, 0.5) is 0 Å². The van der Waals surface area contributed by atoms with Gasteiger partial charge in [-0.25, -0.2) is 0 Å². The Hall–Kier alpha value is 0.439. The molecule has 0 amide bonds. The summed E-state index contributed by atoms with van der Waals surface area (Å²) in [5.41, 5.74) is 0.951. The van der Waals surface area contributed by atoms with Crippen molar-refractivity contribution in [2.24, 2.45) is 0 Å². The van der Waals surface area contributed by atoms with Crippen molar-refractivity contribution in [1.82, 2.24) is 4.33 Å². The zero-order valence-corrected chi connectivity index (χ0v) is 5.15. The first kappa shape index (κ1) is 4.59. The Kier molecular flexibility index (Phi) is 1.98. The van der Waals surface area contributed by atoms with E-state index in [2.05, 4.69) is 4.33 Å². The van der Waals surface area contributed by atoms with Crippen molar-refractivity contribution in [2.75, 3.05) is 18.7 Å². The third kappa shape index (κ3) is 1.27. The number of hydrogen-bond donors (Lipinski definition) is 1. The van der Waals surface area contributed by atoms with Gasteiger partial charge in [-0.15, -0.1) is 0 Å². The molecule has 1 aliphatic rings. The average molecular weight is 152 g/mol. The Balaban J connectivity index is 2.00. The molecule has 6 heavy (non-hydrogen) atoms. The molecule has 0 aliphatic carbocycles. The summed E-state index contributed by atoms with van der Waals surface area (Å²) in [4.78, 5) is 0. The van der Waals surface area contributed by atoms with E-state index in [0.29, 0.717) is 15.2 Å². The Morgan fingerprint density at radius 1 is 1.67 bits per heavy atom. The Morgan fingerprint density at radius 2 is 2.67 bits per heavy atom. The van der Waals surface area contributed by atoms with Crippen molar-refractivity contribution in [3.05, 3.63) is 0 Å². The maximum atomic E-state index is 5.03. The van der Waals surface area contributed by atoms with E-state index < -0.39 is 0 Å². The summed E-state index contributed by atoms with van der Waals surface area (Å²) < 4.78 is 8.26. The van der Waals surface area contributed by atoms with Crippen molar-refractivity contribution in [2.45, 2.75) is 0 Å². The van der Waals surface area contributed by atoms with E-state index in [0.717, 1.165) is 18.7 Å². The summed E-state index contributed by atoms with van der Waals surface area (Å²) in [6, 6.07) is 0. The standard InChI is InChI=1S/C3H7NOSe/c1-2-5-3-6-4-1/h4H,1-3H2. The second-order valence-corrected chi connectivity index (χ2v) is 2.77. The predicted octanol–water partition coefficient (Wildman–Crippen LogP) is -0.817. The van der Waals surface area contributed by atoms with Gasteiger partial charge in [0.25, 0.3) is 0 Å². The quantitative estimate of drug-likeness (QED) is 0.458. The fourth-order valence-corrected chi connectivity index (χ4v) is 1.40. The Bertz CT molecular complexity index is 26.3. The van der Waals surface area contributed by atoms with E-state index in [1.54, 1.807) is 0 Å².